The molecule has 1 aromatic rings. The van der Waals surface area contributed by atoms with Crippen LogP contribution in [0.2, 0.25) is 0 Å². The molecular weight excluding hydrogens is 528 g/mol. The molecule has 4 rings (SSSR count). The summed E-state index contributed by atoms with van der Waals surface area (Å²) in [5, 5.41) is 10.1. The van der Waals surface area contributed by atoms with Crippen LogP contribution in [0.5, 0.6) is 0 Å². The Bertz CT molecular complexity index is 1150. The third-order valence-corrected chi connectivity index (χ3v) is 11.3. The maximum atomic E-state index is 14.0. The van der Waals surface area contributed by atoms with Crippen molar-refractivity contribution in [2.75, 3.05) is 29.5 Å². The van der Waals surface area contributed by atoms with Crippen molar-refractivity contribution in [1.29, 1.82) is 0 Å². The molecule has 212 valence electrons. The number of anilines is 1. The average Bonchev–Trinajstić information content (AvgIpc) is 3.43. The Kier molecular flexibility index (Phi) is 8.47. The van der Waals surface area contributed by atoms with Crippen molar-refractivity contribution in [3.63, 3.8) is 0 Å². The second kappa shape index (κ2) is 11.2. The number of rotatable bonds is 5. The van der Waals surface area contributed by atoms with Gasteiger partial charge in [0.1, 0.15) is 11.0 Å². The van der Waals surface area contributed by atoms with Crippen molar-refractivity contribution < 1.29 is 32.6 Å². The van der Waals surface area contributed by atoms with Gasteiger partial charge in [0.2, 0.25) is 5.91 Å². The van der Waals surface area contributed by atoms with Crippen molar-refractivity contribution in [2.45, 2.75) is 90.2 Å². The molecule has 1 aliphatic carbocycles. The van der Waals surface area contributed by atoms with Crippen LogP contribution in [0.15, 0.2) is 6.07 Å². The van der Waals surface area contributed by atoms with E-state index in [1.54, 1.807) is 9.80 Å². The molecule has 0 radical (unpaired) electrons. The molecule has 38 heavy (non-hydrogen) atoms. The summed E-state index contributed by atoms with van der Waals surface area (Å²) in [6.07, 6.45) is 3.72. The van der Waals surface area contributed by atoms with Gasteiger partial charge < -0.3 is 19.6 Å². The summed E-state index contributed by atoms with van der Waals surface area (Å²) >= 11 is 1.23. The van der Waals surface area contributed by atoms with Gasteiger partial charge in [-0.1, -0.05) is 27.7 Å². The number of carbonyl (C=O) groups excluding carboxylic acids is 2. The SMILES string of the molecule is CC(C)(C)c1cc(N(C(=O)[C@H]2CC[C@H](C)CC2)C2CCN(C(=O)OC3CCS(=O)(=O)C3)CC2)c(C(=O)O)s1. The highest BCUT2D eigenvalue weighted by molar-refractivity contribution is 7.91. The number of thiophene rings is 1. The minimum absolute atomic E-state index is 0.0187. The van der Waals surface area contributed by atoms with Gasteiger partial charge in [-0.3, -0.25) is 4.79 Å². The molecule has 3 aliphatic rings. The fraction of sp³-hybridized carbons (Fsp3) is 0.741. The fourth-order valence-corrected chi connectivity index (χ4v) is 8.30. The van der Waals surface area contributed by atoms with E-state index in [1.807, 2.05) is 26.8 Å². The summed E-state index contributed by atoms with van der Waals surface area (Å²) in [5.41, 5.74) is 0.205. The number of carboxylic acid groups (broad SMARTS) is 1. The molecule has 11 heteroatoms. The summed E-state index contributed by atoms with van der Waals surface area (Å²) in [7, 11) is -3.15. The van der Waals surface area contributed by atoms with Crippen LogP contribution in [0, 0.1) is 11.8 Å². The third-order valence-electron chi connectivity index (χ3n) is 8.05. The number of carboxylic acids is 1. The molecule has 0 bridgehead atoms. The van der Waals surface area contributed by atoms with E-state index in [0.717, 1.165) is 30.6 Å². The van der Waals surface area contributed by atoms with Crippen LogP contribution in [0.4, 0.5) is 10.5 Å². The third kappa shape index (κ3) is 6.52. The zero-order chi connectivity index (χ0) is 27.8. The van der Waals surface area contributed by atoms with Crippen molar-refractivity contribution >= 4 is 44.8 Å². The van der Waals surface area contributed by atoms with E-state index in [2.05, 4.69) is 6.92 Å². The zero-order valence-electron chi connectivity index (χ0n) is 22.8. The molecule has 1 atom stereocenters. The lowest BCUT2D eigenvalue weighted by Crippen LogP contribution is -2.51. The Balaban J connectivity index is 1.54. The quantitative estimate of drug-likeness (QED) is 0.547. The summed E-state index contributed by atoms with van der Waals surface area (Å²) in [4.78, 5) is 43.5. The predicted molar refractivity (Wildman–Crippen MR) is 147 cm³/mol. The minimum Gasteiger partial charge on any atom is -0.477 e. The molecular formula is C27H40N2O7S2. The van der Waals surface area contributed by atoms with Crippen LogP contribution in [-0.4, -0.2) is 73.1 Å². The van der Waals surface area contributed by atoms with E-state index in [1.165, 1.54) is 11.3 Å². The fourth-order valence-electron chi connectivity index (χ4n) is 5.66. The highest BCUT2D eigenvalue weighted by Gasteiger charge is 2.39. The maximum absolute atomic E-state index is 14.0. The van der Waals surface area contributed by atoms with Crippen LogP contribution in [-0.2, 0) is 24.8 Å². The number of sulfone groups is 1. The standard InChI is InChI=1S/C27H40N2O7S2/c1-17-5-7-18(8-6-17)24(30)29(21-15-22(27(2,3)4)37-23(21)25(31)32)19-9-12-28(13-10-19)26(33)36-20-11-14-38(34,35)16-20/h15,17-20H,5-14,16H2,1-4H3,(H,31,32)/t17-,18-,20?. The normalized spacial score (nSPS) is 26.2. The zero-order valence-corrected chi connectivity index (χ0v) is 24.4. The average molecular weight is 569 g/mol. The predicted octanol–water partition coefficient (Wildman–Crippen LogP) is 4.69. The number of hydrogen-bond donors (Lipinski definition) is 1. The highest BCUT2D eigenvalue weighted by Crippen LogP contribution is 2.41. The number of carbonyl (C=O) groups is 3. The molecule has 1 aromatic heterocycles. The van der Waals surface area contributed by atoms with Gasteiger partial charge in [0.25, 0.3) is 0 Å². The molecule has 2 amide bonds. The van der Waals surface area contributed by atoms with Gasteiger partial charge in [-0.2, -0.15) is 0 Å². The lowest BCUT2D eigenvalue weighted by Gasteiger charge is -2.40. The number of nitrogens with zero attached hydrogens (tertiary/aromatic N) is 2. The highest BCUT2D eigenvalue weighted by atomic mass is 32.2. The first-order valence-electron chi connectivity index (χ1n) is 13.6. The van der Waals surface area contributed by atoms with Crippen LogP contribution < -0.4 is 4.90 Å². The molecule has 3 heterocycles. The van der Waals surface area contributed by atoms with Crippen molar-refractivity contribution in [1.82, 2.24) is 4.90 Å². The monoisotopic (exact) mass is 568 g/mol. The van der Waals surface area contributed by atoms with Gasteiger partial charge >= 0.3 is 12.1 Å². The van der Waals surface area contributed by atoms with E-state index in [0.29, 0.717) is 44.0 Å². The number of piperidine rings is 1. The Hall–Kier alpha value is -2.14. The van der Waals surface area contributed by atoms with Crippen LogP contribution in [0.3, 0.4) is 0 Å². The van der Waals surface area contributed by atoms with Crippen LogP contribution in [0.1, 0.15) is 87.2 Å². The molecule has 3 fully saturated rings. The second-order valence-corrected chi connectivity index (χ2v) is 15.5. The lowest BCUT2D eigenvalue weighted by molar-refractivity contribution is -0.124. The molecule has 2 aliphatic heterocycles. The first-order chi connectivity index (χ1) is 17.7. The molecule has 1 saturated carbocycles. The summed E-state index contributed by atoms with van der Waals surface area (Å²) in [5.74, 6) is -0.715. The van der Waals surface area contributed by atoms with Crippen LogP contribution >= 0.6 is 11.3 Å². The molecule has 0 spiro atoms. The number of likely N-dealkylation sites (tertiary alicyclic amines) is 1. The Morgan fingerprint density at radius 3 is 2.21 bits per heavy atom. The molecule has 9 nitrogen and oxygen atoms in total. The largest absolute Gasteiger partial charge is 0.477 e. The summed E-state index contributed by atoms with van der Waals surface area (Å²) < 4.78 is 28.9. The van der Waals surface area contributed by atoms with Gasteiger partial charge in [-0.05, 0) is 62.3 Å². The van der Waals surface area contributed by atoms with Gasteiger partial charge in [-0.15, -0.1) is 11.3 Å². The van der Waals surface area contributed by atoms with Crippen molar-refractivity contribution in [2.24, 2.45) is 11.8 Å². The van der Waals surface area contributed by atoms with E-state index in [4.69, 9.17) is 4.74 Å². The topological polar surface area (TPSA) is 121 Å². The first-order valence-corrected chi connectivity index (χ1v) is 16.3. The van der Waals surface area contributed by atoms with Crippen molar-refractivity contribution in [3.8, 4) is 0 Å². The Morgan fingerprint density at radius 1 is 1.05 bits per heavy atom. The van der Waals surface area contributed by atoms with Gasteiger partial charge in [0, 0.05) is 29.9 Å². The van der Waals surface area contributed by atoms with E-state index in [-0.39, 0.29) is 39.7 Å². The second-order valence-electron chi connectivity index (χ2n) is 12.2. The van der Waals surface area contributed by atoms with E-state index < -0.39 is 28.0 Å². The van der Waals surface area contributed by atoms with Gasteiger partial charge in [-0.25, -0.2) is 18.0 Å². The maximum Gasteiger partial charge on any atom is 0.410 e. The Labute approximate surface area is 229 Å². The van der Waals surface area contributed by atoms with E-state index in [9.17, 15) is 27.9 Å². The van der Waals surface area contributed by atoms with Gasteiger partial charge in [0.05, 0.1) is 17.2 Å². The molecule has 1 unspecified atom stereocenters. The lowest BCUT2D eigenvalue weighted by atomic mass is 9.82. The molecule has 1 N–H and O–H groups in total. The first kappa shape index (κ1) is 28.9. The number of ether oxygens (including phenoxy) is 1. The Morgan fingerprint density at radius 2 is 1.68 bits per heavy atom. The number of amides is 2. The summed E-state index contributed by atoms with van der Waals surface area (Å²) in [6.45, 7) is 9.00. The molecule has 0 aromatic carbocycles. The van der Waals surface area contributed by atoms with Crippen LogP contribution in [0.25, 0.3) is 0 Å². The number of hydrogen-bond acceptors (Lipinski definition) is 7. The van der Waals surface area contributed by atoms with Crippen molar-refractivity contribution in [3.05, 3.63) is 15.8 Å². The smallest absolute Gasteiger partial charge is 0.410 e. The van der Waals surface area contributed by atoms with Gasteiger partial charge in [0.15, 0.2) is 9.84 Å². The number of aromatic carboxylic acids is 1. The summed E-state index contributed by atoms with van der Waals surface area (Å²) in [6, 6.07) is 1.64. The molecule has 2 saturated heterocycles. The van der Waals surface area contributed by atoms with E-state index >= 15 is 0 Å². The minimum atomic E-state index is -3.15.